The molecule has 2 N–H and O–H groups in total. The molecular formula is C17H13ClN2O2S. The van der Waals surface area contributed by atoms with Gasteiger partial charge >= 0.3 is 0 Å². The molecule has 0 aliphatic rings. The van der Waals surface area contributed by atoms with Crippen molar-refractivity contribution in [2.24, 2.45) is 0 Å². The van der Waals surface area contributed by atoms with Gasteiger partial charge in [-0.25, -0.2) is 4.98 Å². The molecule has 0 radical (unpaired) electrons. The van der Waals surface area contributed by atoms with Crippen LogP contribution in [0, 0.1) is 0 Å². The average molecular weight is 345 g/mol. The summed E-state index contributed by atoms with van der Waals surface area (Å²) in [5.74, 6) is 0.0341. The Morgan fingerprint density at radius 2 is 2.00 bits per heavy atom. The quantitative estimate of drug-likeness (QED) is 0.749. The van der Waals surface area contributed by atoms with Crippen LogP contribution in [-0.2, 0) is 6.54 Å². The van der Waals surface area contributed by atoms with Gasteiger partial charge < -0.3 is 10.4 Å². The van der Waals surface area contributed by atoms with Crippen LogP contribution in [0.4, 0.5) is 0 Å². The normalized spacial score (nSPS) is 10.5. The van der Waals surface area contributed by atoms with E-state index < -0.39 is 0 Å². The average Bonchev–Trinajstić information content (AvgIpc) is 3.02. The van der Waals surface area contributed by atoms with Gasteiger partial charge in [0.2, 0.25) is 0 Å². The molecule has 23 heavy (non-hydrogen) atoms. The highest BCUT2D eigenvalue weighted by molar-refractivity contribution is 7.09. The second-order valence-corrected chi connectivity index (χ2v) is 6.25. The summed E-state index contributed by atoms with van der Waals surface area (Å²) in [5, 5.41) is 15.4. The predicted molar refractivity (Wildman–Crippen MR) is 91.8 cm³/mol. The first kappa shape index (κ1) is 15.5. The number of carbonyl (C=O) groups excluding carboxylic acids is 1. The Bertz CT molecular complexity index is 831. The maximum Gasteiger partial charge on any atom is 0.251 e. The molecule has 1 aromatic heterocycles. The minimum Gasteiger partial charge on any atom is -0.508 e. The Labute approximate surface area is 142 Å². The molecule has 0 aliphatic heterocycles. The lowest BCUT2D eigenvalue weighted by Crippen LogP contribution is -2.22. The van der Waals surface area contributed by atoms with Crippen molar-refractivity contribution in [3.05, 3.63) is 69.5 Å². The van der Waals surface area contributed by atoms with Crippen molar-refractivity contribution in [2.45, 2.75) is 6.54 Å². The molecule has 1 heterocycles. The molecule has 0 aliphatic carbocycles. The lowest BCUT2D eigenvalue weighted by molar-refractivity contribution is 0.0951. The van der Waals surface area contributed by atoms with E-state index in [9.17, 15) is 9.90 Å². The van der Waals surface area contributed by atoms with E-state index in [2.05, 4.69) is 10.3 Å². The van der Waals surface area contributed by atoms with Gasteiger partial charge in [0, 0.05) is 21.5 Å². The fourth-order valence-electron chi connectivity index (χ4n) is 2.04. The summed E-state index contributed by atoms with van der Waals surface area (Å²) in [5.41, 5.74) is 2.27. The van der Waals surface area contributed by atoms with E-state index in [0.717, 1.165) is 16.3 Å². The van der Waals surface area contributed by atoms with Gasteiger partial charge in [0.1, 0.15) is 10.8 Å². The summed E-state index contributed by atoms with van der Waals surface area (Å²) in [7, 11) is 0. The Kier molecular flexibility index (Phi) is 4.60. The van der Waals surface area contributed by atoms with Crippen molar-refractivity contribution < 1.29 is 9.90 Å². The monoisotopic (exact) mass is 344 g/mol. The van der Waals surface area contributed by atoms with Crippen molar-refractivity contribution in [2.75, 3.05) is 0 Å². The molecule has 3 aromatic rings. The van der Waals surface area contributed by atoms with Crippen molar-refractivity contribution in [3.8, 4) is 17.0 Å². The van der Waals surface area contributed by atoms with E-state index in [1.165, 1.54) is 11.3 Å². The molecule has 0 saturated carbocycles. The Morgan fingerprint density at radius 3 is 2.74 bits per heavy atom. The number of hydrogen-bond donors (Lipinski definition) is 2. The van der Waals surface area contributed by atoms with E-state index in [4.69, 9.17) is 11.6 Å². The van der Waals surface area contributed by atoms with Gasteiger partial charge in [-0.1, -0.05) is 17.7 Å². The van der Waals surface area contributed by atoms with E-state index in [0.29, 0.717) is 17.1 Å². The number of amides is 1. The predicted octanol–water partition coefficient (Wildman–Crippen LogP) is 4.10. The van der Waals surface area contributed by atoms with Gasteiger partial charge in [-0.05, 0) is 42.5 Å². The number of benzene rings is 2. The highest BCUT2D eigenvalue weighted by Gasteiger charge is 2.08. The van der Waals surface area contributed by atoms with Gasteiger partial charge in [-0.3, -0.25) is 4.79 Å². The molecule has 0 unspecified atom stereocenters. The first-order chi connectivity index (χ1) is 11.1. The second kappa shape index (κ2) is 6.81. The van der Waals surface area contributed by atoms with Gasteiger partial charge in [-0.15, -0.1) is 11.3 Å². The Hall–Kier alpha value is -2.37. The lowest BCUT2D eigenvalue weighted by atomic mass is 10.2. The highest BCUT2D eigenvalue weighted by atomic mass is 35.5. The maximum atomic E-state index is 12.1. The zero-order valence-electron chi connectivity index (χ0n) is 12.0. The minimum atomic E-state index is -0.186. The maximum absolute atomic E-state index is 12.1. The van der Waals surface area contributed by atoms with E-state index >= 15 is 0 Å². The van der Waals surface area contributed by atoms with Crippen LogP contribution in [0.2, 0.25) is 5.02 Å². The van der Waals surface area contributed by atoms with E-state index in [1.807, 2.05) is 5.38 Å². The Morgan fingerprint density at radius 1 is 1.22 bits per heavy atom. The van der Waals surface area contributed by atoms with Crippen LogP contribution in [0.3, 0.4) is 0 Å². The van der Waals surface area contributed by atoms with Crippen LogP contribution in [0.15, 0.2) is 53.9 Å². The van der Waals surface area contributed by atoms with Crippen LogP contribution in [0.25, 0.3) is 11.3 Å². The van der Waals surface area contributed by atoms with Gasteiger partial charge in [0.05, 0.1) is 12.2 Å². The van der Waals surface area contributed by atoms with Gasteiger partial charge in [0.25, 0.3) is 5.91 Å². The van der Waals surface area contributed by atoms with Crippen LogP contribution >= 0.6 is 22.9 Å². The second-order valence-electron chi connectivity index (χ2n) is 4.87. The molecule has 0 bridgehead atoms. The SMILES string of the molecule is O=C(NCc1nc(-c2ccc(O)cc2)cs1)c1cccc(Cl)c1. The molecule has 2 aromatic carbocycles. The van der Waals surface area contributed by atoms with Crippen LogP contribution in [-0.4, -0.2) is 16.0 Å². The van der Waals surface area contributed by atoms with Crippen LogP contribution < -0.4 is 5.32 Å². The third-order valence-electron chi connectivity index (χ3n) is 3.20. The number of phenolic OH excluding ortho intramolecular Hbond substituents is 1. The standard InChI is InChI=1S/C17H13ClN2O2S/c18-13-3-1-2-12(8-13)17(22)19-9-16-20-15(10-23-16)11-4-6-14(21)7-5-11/h1-8,10,21H,9H2,(H,19,22). The molecular weight excluding hydrogens is 332 g/mol. The first-order valence-electron chi connectivity index (χ1n) is 6.89. The number of halogens is 1. The van der Waals surface area contributed by atoms with Crippen LogP contribution in [0.1, 0.15) is 15.4 Å². The van der Waals surface area contributed by atoms with Crippen molar-refractivity contribution >= 4 is 28.8 Å². The zero-order valence-corrected chi connectivity index (χ0v) is 13.6. The third-order valence-corrected chi connectivity index (χ3v) is 4.29. The fraction of sp³-hybridized carbons (Fsp3) is 0.0588. The number of nitrogens with zero attached hydrogens (tertiary/aromatic N) is 1. The number of aromatic nitrogens is 1. The molecule has 0 fully saturated rings. The minimum absolute atomic E-state index is 0.186. The Balaban J connectivity index is 1.65. The van der Waals surface area contributed by atoms with Crippen LogP contribution in [0.5, 0.6) is 5.75 Å². The summed E-state index contributed by atoms with van der Waals surface area (Å²) in [6.07, 6.45) is 0. The highest BCUT2D eigenvalue weighted by Crippen LogP contribution is 2.23. The topological polar surface area (TPSA) is 62.2 Å². The summed E-state index contributed by atoms with van der Waals surface area (Å²) in [6, 6.07) is 13.7. The number of phenols is 1. The molecule has 3 rings (SSSR count). The molecule has 4 nitrogen and oxygen atoms in total. The number of aromatic hydroxyl groups is 1. The molecule has 0 atom stereocenters. The van der Waals surface area contributed by atoms with Crippen molar-refractivity contribution in [1.29, 1.82) is 0 Å². The lowest BCUT2D eigenvalue weighted by Gasteiger charge is -2.03. The summed E-state index contributed by atoms with van der Waals surface area (Å²) < 4.78 is 0. The molecule has 1 amide bonds. The van der Waals surface area contributed by atoms with Crippen molar-refractivity contribution in [3.63, 3.8) is 0 Å². The summed E-state index contributed by atoms with van der Waals surface area (Å²) in [6.45, 7) is 0.355. The number of thiazole rings is 1. The summed E-state index contributed by atoms with van der Waals surface area (Å²) >= 11 is 7.35. The fourth-order valence-corrected chi connectivity index (χ4v) is 2.98. The molecule has 116 valence electrons. The van der Waals surface area contributed by atoms with E-state index in [-0.39, 0.29) is 11.7 Å². The number of carbonyl (C=O) groups is 1. The number of hydrogen-bond acceptors (Lipinski definition) is 4. The third kappa shape index (κ3) is 3.88. The molecule has 6 heteroatoms. The largest absolute Gasteiger partial charge is 0.508 e. The summed E-state index contributed by atoms with van der Waals surface area (Å²) in [4.78, 5) is 16.6. The smallest absolute Gasteiger partial charge is 0.251 e. The van der Waals surface area contributed by atoms with Crippen molar-refractivity contribution in [1.82, 2.24) is 10.3 Å². The van der Waals surface area contributed by atoms with Gasteiger partial charge in [0.15, 0.2) is 0 Å². The van der Waals surface area contributed by atoms with Gasteiger partial charge in [-0.2, -0.15) is 0 Å². The number of rotatable bonds is 4. The number of nitrogens with one attached hydrogen (secondary N) is 1. The molecule has 0 spiro atoms. The van der Waals surface area contributed by atoms with E-state index in [1.54, 1.807) is 48.5 Å². The zero-order chi connectivity index (χ0) is 16.2. The molecule has 0 saturated heterocycles. The first-order valence-corrected chi connectivity index (χ1v) is 8.15.